The Hall–Kier alpha value is -2.00. The third kappa shape index (κ3) is 2.28. The predicted octanol–water partition coefficient (Wildman–Crippen LogP) is 0.169. The maximum atomic E-state index is 14.4. The van der Waals surface area contributed by atoms with E-state index in [1.165, 1.54) is 19.2 Å². The maximum Gasteiger partial charge on any atom is 0.349 e. The van der Waals surface area contributed by atoms with Crippen LogP contribution in [0.4, 0.5) is 4.39 Å². The van der Waals surface area contributed by atoms with Gasteiger partial charge < -0.3 is 14.9 Å². The average Bonchev–Trinajstić information content (AvgIpc) is 2.62. The van der Waals surface area contributed by atoms with Crippen molar-refractivity contribution in [1.82, 2.24) is 9.55 Å². The van der Waals surface area contributed by atoms with E-state index in [0.29, 0.717) is 5.69 Å². The molecule has 1 aliphatic heterocycles. The number of alkyl halides is 1. The molecule has 4 atom stereocenters. The highest BCUT2D eigenvalue weighted by atomic mass is 19.2. The molecule has 1 saturated heterocycles. The van der Waals surface area contributed by atoms with E-state index in [4.69, 9.17) is 15.4 Å². The van der Waals surface area contributed by atoms with Crippen LogP contribution in [0.25, 0.3) is 10.4 Å². The van der Waals surface area contributed by atoms with Crippen LogP contribution < -0.4 is 5.69 Å². The van der Waals surface area contributed by atoms with E-state index in [0.717, 1.165) is 4.57 Å². The van der Waals surface area contributed by atoms with Gasteiger partial charge in [-0.3, -0.25) is 4.57 Å². The molecule has 9 nitrogen and oxygen atoms in total. The van der Waals surface area contributed by atoms with Gasteiger partial charge in [-0.2, -0.15) is 4.98 Å². The molecular weight excluding hydrogens is 285 g/mol. The number of aliphatic hydroxyl groups excluding tert-OH is 2. The molecule has 1 aromatic rings. The van der Waals surface area contributed by atoms with Gasteiger partial charge in [0.1, 0.15) is 18.2 Å². The van der Waals surface area contributed by atoms with Crippen LogP contribution in [0, 0.1) is 6.92 Å². The molecule has 1 aliphatic rings. The van der Waals surface area contributed by atoms with E-state index in [2.05, 4.69) is 15.0 Å². The summed E-state index contributed by atoms with van der Waals surface area (Å²) in [5, 5.41) is 22.5. The van der Waals surface area contributed by atoms with Crippen LogP contribution in [0.5, 0.6) is 0 Å². The van der Waals surface area contributed by atoms with Crippen molar-refractivity contribution in [2.24, 2.45) is 5.11 Å². The molecule has 2 heterocycles. The summed E-state index contributed by atoms with van der Waals surface area (Å²) in [6.07, 6.45) is -2.11. The molecule has 0 unspecified atom stereocenters. The number of azide groups is 1. The van der Waals surface area contributed by atoms with Crippen LogP contribution in [-0.4, -0.2) is 43.9 Å². The van der Waals surface area contributed by atoms with Crippen LogP contribution in [-0.2, 0) is 4.74 Å². The number of ether oxygens (including phenoxy) is 1. The zero-order chi connectivity index (χ0) is 15.8. The number of rotatable bonds is 3. The van der Waals surface area contributed by atoms with Crippen molar-refractivity contribution < 1.29 is 19.3 Å². The van der Waals surface area contributed by atoms with Gasteiger partial charge in [-0.15, -0.1) is 0 Å². The SMILES string of the molecule is Cc1ccn([C@@H]2O[C@](F)(CO)[C@@H](O)[C@@]2(C)N=[N+]=[N-])c(=O)n1. The molecule has 21 heavy (non-hydrogen) atoms. The molecule has 1 fully saturated rings. The largest absolute Gasteiger partial charge is 0.390 e. The quantitative estimate of drug-likeness (QED) is 0.466. The van der Waals surface area contributed by atoms with Crippen molar-refractivity contribution in [2.45, 2.75) is 37.6 Å². The van der Waals surface area contributed by atoms with Gasteiger partial charge in [0.2, 0.25) is 0 Å². The number of halogens is 1. The fourth-order valence-electron chi connectivity index (χ4n) is 2.28. The van der Waals surface area contributed by atoms with Crippen LogP contribution in [0.15, 0.2) is 22.2 Å². The van der Waals surface area contributed by atoms with Crippen LogP contribution >= 0.6 is 0 Å². The monoisotopic (exact) mass is 299 g/mol. The van der Waals surface area contributed by atoms with Gasteiger partial charge >= 0.3 is 5.69 Å². The molecular formula is C11H14FN5O4. The lowest BCUT2D eigenvalue weighted by Gasteiger charge is -2.27. The van der Waals surface area contributed by atoms with Gasteiger partial charge in [-0.05, 0) is 25.4 Å². The van der Waals surface area contributed by atoms with E-state index in [1.807, 2.05) is 0 Å². The second-order valence-electron chi connectivity index (χ2n) is 4.99. The molecule has 0 amide bonds. The summed E-state index contributed by atoms with van der Waals surface area (Å²) >= 11 is 0. The second-order valence-corrected chi connectivity index (χ2v) is 4.99. The van der Waals surface area contributed by atoms with Crippen molar-refractivity contribution in [3.05, 3.63) is 38.9 Å². The summed E-state index contributed by atoms with van der Waals surface area (Å²) in [7, 11) is 0. The van der Waals surface area contributed by atoms with Crippen LogP contribution in [0.2, 0.25) is 0 Å². The first kappa shape index (κ1) is 15.4. The first-order valence-corrected chi connectivity index (χ1v) is 6.06. The fraction of sp³-hybridized carbons (Fsp3) is 0.636. The molecule has 0 radical (unpaired) electrons. The Balaban J connectivity index is 2.60. The summed E-state index contributed by atoms with van der Waals surface area (Å²) in [6, 6.07) is 1.48. The number of nitrogens with zero attached hydrogens (tertiary/aromatic N) is 5. The van der Waals surface area contributed by atoms with Crippen LogP contribution in [0.1, 0.15) is 18.8 Å². The Kier molecular flexibility index (Phi) is 3.72. The zero-order valence-electron chi connectivity index (χ0n) is 11.3. The molecule has 2 rings (SSSR count). The van der Waals surface area contributed by atoms with E-state index >= 15 is 0 Å². The molecule has 0 spiro atoms. The molecule has 2 N–H and O–H groups in total. The highest BCUT2D eigenvalue weighted by Gasteiger charge is 2.63. The van der Waals surface area contributed by atoms with E-state index in [1.54, 1.807) is 6.92 Å². The van der Waals surface area contributed by atoms with Crippen LogP contribution in [0.3, 0.4) is 0 Å². The topological polar surface area (TPSA) is 133 Å². The predicted molar refractivity (Wildman–Crippen MR) is 67.8 cm³/mol. The van der Waals surface area contributed by atoms with E-state index in [-0.39, 0.29) is 0 Å². The minimum absolute atomic E-state index is 0.439. The second kappa shape index (κ2) is 5.08. The fourth-order valence-corrected chi connectivity index (χ4v) is 2.28. The number of hydrogen-bond donors (Lipinski definition) is 2. The molecule has 0 saturated carbocycles. The summed E-state index contributed by atoms with van der Waals surface area (Å²) in [4.78, 5) is 18.1. The average molecular weight is 299 g/mol. The van der Waals surface area contributed by atoms with Gasteiger partial charge in [0, 0.05) is 16.8 Å². The van der Waals surface area contributed by atoms with E-state index in [9.17, 15) is 14.3 Å². The van der Waals surface area contributed by atoms with Gasteiger partial charge in [-0.1, -0.05) is 5.11 Å². The third-order valence-corrected chi connectivity index (χ3v) is 3.47. The van der Waals surface area contributed by atoms with Gasteiger partial charge in [0.15, 0.2) is 6.23 Å². The lowest BCUT2D eigenvalue weighted by molar-refractivity contribution is -0.207. The highest BCUT2D eigenvalue weighted by Crippen LogP contribution is 2.46. The summed E-state index contributed by atoms with van der Waals surface area (Å²) in [5.74, 6) is -2.85. The summed E-state index contributed by atoms with van der Waals surface area (Å²) < 4.78 is 20.2. The molecule has 0 aliphatic carbocycles. The van der Waals surface area contributed by atoms with Gasteiger partial charge in [0.05, 0.1) is 0 Å². The Labute approximate surface area is 118 Å². The lowest BCUT2D eigenvalue weighted by Crippen LogP contribution is -2.48. The molecule has 114 valence electrons. The molecule has 0 bridgehead atoms. The number of aryl methyl sites for hydroxylation is 1. The molecule has 10 heteroatoms. The van der Waals surface area contributed by atoms with E-state index < -0.39 is 36.0 Å². The maximum absolute atomic E-state index is 14.4. The summed E-state index contributed by atoms with van der Waals surface area (Å²) in [5.41, 5.74) is 6.49. The first-order valence-electron chi connectivity index (χ1n) is 6.06. The van der Waals surface area contributed by atoms with Gasteiger partial charge in [0.25, 0.3) is 5.85 Å². The first-order chi connectivity index (χ1) is 9.78. The summed E-state index contributed by atoms with van der Waals surface area (Å²) in [6.45, 7) is 1.66. The highest BCUT2D eigenvalue weighted by molar-refractivity contribution is 5.10. The Morgan fingerprint density at radius 2 is 2.38 bits per heavy atom. The smallest absolute Gasteiger partial charge is 0.349 e. The van der Waals surface area contributed by atoms with Crippen molar-refractivity contribution >= 4 is 0 Å². The van der Waals surface area contributed by atoms with Gasteiger partial charge in [-0.25, -0.2) is 9.18 Å². The lowest BCUT2D eigenvalue weighted by atomic mass is 9.92. The minimum atomic E-state index is -2.85. The standard InChI is InChI=1S/C11H14FN5O4/c1-6-3-4-17(9(20)14-6)8-10(2,15-16-13)7(19)11(12,5-18)21-8/h3-4,7-8,18-19H,5H2,1-2H3/t7-,8+,10+,11+/m0/s1. The molecule has 0 aromatic carbocycles. The Morgan fingerprint density at radius 1 is 1.71 bits per heavy atom. The van der Waals surface area contributed by atoms with Crippen molar-refractivity contribution in [2.75, 3.05) is 6.61 Å². The van der Waals surface area contributed by atoms with Crippen molar-refractivity contribution in [3.63, 3.8) is 0 Å². The minimum Gasteiger partial charge on any atom is -0.390 e. The number of hydrogen-bond acceptors (Lipinski definition) is 6. The van der Waals surface area contributed by atoms with Crippen molar-refractivity contribution in [3.8, 4) is 0 Å². The number of aliphatic hydroxyl groups is 2. The third-order valence-electron chi connectivity index (χ3n) is 3.47. The normalized spacial score (nSPS) is 35.5. The zero-order valence-corrected chi connectivity index (χ0v) is 11.3. The Morgan fingerprint density at radius 3 is 2.90 bits per heavy atom. The molecule has 1 aromatic heterocycles. The Bertz CT molecular complexity index is 660. The van der Waals surface area contributed by atoms with Crippen molar-refractivity contribution in [1.29, 1.82) is 0 Å². The number of aromatic nitrogens is 2.